The van der Waals surface area contributed by atoms with Crippen LogP contribution in [0.5, 0.6) is 0 Å². The number of nitrogens with zero attached hydrogens (tertiary/aromatic N) is 1. The lowest BCUT2D eigenvalue weighted by atomic mass is 10.1. The van der Waals surface area contributed by atoms with Crippen molar-refractivity contribution in [1.29, 1.82) is 0 Å². The van der Waals surface area contributed by atoms with Crippen LogP contribution in [0.1, 0.15) is 15.9 Å². The molecule has 0 fully saturated rings. The van der Waals surface area contributed by atoms with Crippen molar-refractivity contribution in [2.75, 3.05) is 0 Å². The van der Waals surface area contributed by atoms with Gasteiger partial charge in [-0.2, -0.15) is 0 Å². The number of carbonyl (C=O) groups is 1. The largest absolute Gasteiger partial charge is 0.478 e. The highest BCUT2D eigenvalue weighted by atomic mass is 32.1. The molecular formula is C8H7NO2S. The van der Waals surface area contributed by atoms with Gasteiger partial charge in [-0.05, 0) is 30.5 Å². The summed E-state index contributed by atoms with van der Waals surface area (Å²) in [5.41, 5.74) is 1.10. The van der Waals surface area contributed by atoms with E-state index in [1.54, 1.807) is 12.1 Å². The standard InChI is InChI=1S/C8H7NO2S/c10-8(11)7-3-1-6(2-4-7)5-9-12/h1-5,12H,(H,10,11)/b9-5+. The van der Waals surface area contributed by atoms with E-state index in [9.17, 15) is 4.79 Å². The van der Waals surface area contributed by atoms with Crippen molar-refractivity contribution in [2.24, 2.45) is 4.40 Å². The van der Waals surface area contributed by atoms with Crippen LogP contribution in [0.15, 0.2) is 28.7 Å². The van der Waals surface area contributed by atoms with Crippen LogP contribution in [0, 0.1) is 0 Å². The van der Waals surface area contributed by atoms with Crippen molar-refractivity contribution in [3.05, 3.63) is 35.4 Å². The molecule has 0 aliphatic rings. The van der Waals surface area contributed by atoms with E-state index in [0.29, 0.717) is 0 Å². The van der Waals surface area contributed by atoms with E-state index >= 15 is 0 Å². The second-order valence-corrected chi connectivity index (χ2v) is 2.40. The highest BCUT2D eigenvalue weighted by Crippen LogP contribution is 2.02. The summed E-state index contributed by atoms with van der Waals surface area (Å²) in [7, 11) is 0. The Bertz CT molecular complexity index is 305. The van der Waals surface area contributed by atoms with Crippen molar-refractivity contribution in [3.8, 4) is 0 Å². The van der Waals surface area contributed by atoms with Gasteiger partial charge in [0.05, 0.1) is 5.56 Å². The maximum atomic E-state index is 10.4. The number of benzene rings is 1. The molecule has 0 aliphatic heterocycles. The summed E-state index contributed by atoms with van der Waals surface area (Å²) in [4.78, 5) is 10.4. The number of carboxylic acids is 1. The fourth-order valence-corrected chi connectivity index (χ4v) is 0.912. The van der Waals surface area contributed by atoms with Gasteiger partial charge in [0.15, 0.2) is 0 Å². The first-order valence-corrected chi connectivity index (χ1v) is 3.65. The molecule has 3 nitrogen and oxygen atoms in total. The number of carboxylic acid groups (broad SMARTS) is 1. The third-order valence-electron chi connectivity index (χ3n) is 1.36. The fourth-order valence-electron chi connectivity index (χ4n) is 0.778. The molecule has 0 unspecified atom stereocenters. The minimum atomic E-state index is -0.927. The summed E-state index contributed by atoms with van der Waals surface area (Å²) in [5.74, 6) is -0.927. The number of thiol groups is 1. The molecule has 0 saturated heterocycles. The first-order chi connectivity index (χ1) is 5.74. The van der Waals surface area contributed by atoms with Gasteiger partial charge >= 0.3 is 5.97 Å². The SMILES string of the molecule is O=C(O)c1ccc(/C=N/S)cc1. The molecule has 0 atom stereocenters. The molecule has 0 aromatic heterocycles. The van der Waals surface area contributed by atoms with E-state index in [1.807, 2.05) is 0 Å². The highest BCUT2D eigenvalue weighted by molar-refractivity contribution is 7.78. The Hall–Kier alpha value is -1.29. The smallest absolute Gasteiger partial charge is 0.335 e. The third kappa shape index (κ3) is 2.10. The van der Waals surface area contributed by atoms with Crippen LogP contribution in [-0.2, 0) is 0 Å². The van der Waals surface area contributed by atoms with E-state index in [1.165, 1.54) is 18.3 Å². The van der Waals surface area contributed by atoms with Crippen molar-refractivity contribution < 1.29 is 9.90 Å². The van der Waals surface area contributed by atoms with Crippen molar-refractivity contribution in [1.82, 2.24) is 0 Å². The Morgan fingerprint density at radius 1 is 1.42 bits per heavy atom. The monoisotopic (exact) mass is 181 g/mol. The van der Waals surface area contributed by atoms with E-state index in [0.717, 1.165) is 5.56 Å². The molecule has 0 heterocycles. The Kier molecular flexibility index (Phi) is 2.88. The normalized spacial score (nSPS) is 10.4. The molecule has 0 spiro atoms. The Morgan fingerprint density at radius 2 is 2.00 bits per heavy atom. The van der Waals surface area contributed by atoms with E-state index < -0.39 is 5.97 Å². The fraction of sp³-hybridized carbons (Fsp3) is 0. The Labute approximate surface area is 75.3 Å². The first-order valence-electron chi connectivity index (χ1n) is 3.25. The molecular weight excluding hydrogens is 174 g/mol. The van der Waals surface area contributed by atoms with E-state index in [-0.39, 0.29) is 5.56 Å². The van der Waals surface area contributed by atoms with Gasteiger partial charge in [0.1, 0.15) is 0 Å². The van der Waals surface area contributed by atoms with Crippen molar-refractivity contribution >= 4 is 25.0 Å². The topological polar surface area (TPSA) is 49.7 Å². The van der Waals surface area contributed by atoms with Gasteiger partial charge in [0.2, 0.25) is 0 Å². The molecule has 4 heteroatoms. The van der Waals surface area contributed by atoms with Crippen LogP contribution < -0.4 is 0 Å². The van der Waals surface area contributed by atoms with Crippen LogP contribution in [0.4, 0.5) is 0 Å². The van der Waals surface area contributed by atoms with E-state index in [4.69, 9.17) is 5.11 Å². The number of hydrogen-bond acceptors (Lipinski definition) is 3. The zero-order valence-corrected chi connectivity index (χ0v) is 7.03. The summed E-state index contributed by atoms with van der Waals surface area (Å²) in [6.07, 6.45) is 1.54. The van der Waals surface area contributed by atoms with Crippen LogP contribution in [0.25, 0.3) is 0 Å². The van der Waals surface area contributed by atoms with Gasteiger partial charge in [-0.15, -0.1) is 0 Å². The van der Waals surface area contributed by atoms with Crippen LogP contribution in [-0.4, -0.2) is 17.3 Å². The quantitative estimate of drug-likeness (QED) is 0.538. The van der Waals surface area contributed by atoms with Crippen LogP contribution >= 0.6 is 12.8 Å². The lowest BCUT2D eigenvalue weighted by Crippen LogP contribution is -1.95. The van der Waals surface area contributed by atoms with E-state index in [2.05, 4.69) is 17.2 Å². The molecule has 1 rings (SSSR count). The molecule has 0 saturated carbocycles. The molecule has 1 N–H and O–H groups in total. The average molecular weight is 181 g/mol. The van der Waals surface area contributed by atoms with Crippen LogP contribution in [0.3, 0.4) is 0 Å². The second kappa shape index (κ2) is 3.92. The summed E-state index contributed by atoms with van der Waals surface area (Å²) in [6, 6.07) is 6.38. The number of aromatic carboxylic acids is 1. The zero-order chi connectivity index (χ0) is 8.97. The lowest BCUT2D eigenvalue weighted by Gasteiger charge is -1.93. The van der Waals surface area contributed by atoms with Crippen molar-refractivity contribution in [2.45, 2.75) is 0 Å². The van der Waals surface area contributed by atoms with Gasteiger partial charge in [0, 0.05) is 6.21 Å². The maximum absolute atomic E-state index is 10.4. The molecule has 1 aromatic carbocycles. The number of hydrogen-bond donors (Lipinski definition) is 2. The van der Waals surface area contributed by atoms with Gasteiger partial charge in [0.25, 0.3) is 0 Å². The first kappa shape index (κ1) is 8.80. The summed E-state index contributed by atoms with van der Waals surface area (Å²) >= 11 is 3.65. The van der Waals surface area contributed by atoms with Gasteiger partial charge in [-0.1, -0.05) is 12.1 Å². The predicted molar refractivity (Wildman–Crippen MR) is 50.0 cm³/mol. The molecule has 0 bridgehead atoms. The van der Waals surface area contributed by atoms with Crippen LogP contribution in [0.2, 0.25) is 0 Å². The molecule has 0 radical (unpaired) electrons. The van der Waals surface area contributed by atoms with Gasteiger partial charge in [-0.3, -0.25) is 0 Å². The Morgan fingerprint density at radius 3 is 2.42 bits per heavy atom. The minimum Gasteiger partial charge on any atom is -0.478 e. The average Bonchev–Trinajstić information content (AvgIpc) is 2.06. The highest BCUT2D eigenvalue weighted by Gasteiger charge is 1.99. The summed E-state index contributed by atoms with van der Waals surface area (Å²) in [5, 5.41) is 8.56. The van der Waals surface area contributed by atoms with Crippen molar-refractivity contribution in [3.63, 3.8) is 0 Å². The molecule has 0 aliphatic carbocycles. The zero-order valence-electron chi connectivity index (χ0n) is 6.14. The summed E-state index contributed by atoms with van der Waals surface area (Å²) in [6.45, 7) is 0. The molecule has 1 aromatic rings. The maximum Gasteiger partial charge on any atom is 0.335 e. The molecule has 62 valence electrons. The number of rotatable bonds is 2. The predicted octanol–water partition coefficient (Wildman–Crippen LogP) is 1.65. The lowest BCUT2D eigenvalue weighted by molar-refractivity contribution is 0.0697. The minimum absolute atomic E-state index is 0.270. The molecule has 0 amide bonds. The van der Waals surface area contributed by atoms with Gasteiger partial charge in [-0.25, -0.2) is 9.19 Å². The van der Waals surface area contributed by atoms with Gasteiger partial charge < -0.3 is 5.11 Å². The molecule has 12 heavy (non-hydrogen) atoms. The summed E-state index contributed by atoms with van der Waals surface area (Å²) < 4.78 is 3.50. The Balaban J connectivity index is 2.93. The second-order valence-electron chi connectivity index (χ2n) is 2.17. The third-order valence-corrected chi connectivity index (χ3v) is 1.48.